The number of hydrogen-bond acceptors (Lipinski definition) is 4. The highest BCUT2D eigenvalue weighted by molar-refractivity contribution is 6.31. The van der Waals surface area contributed by atoms with Crippen molar-refractivity contribution in [1.29, 1.82) is 0 Å². The van der Waals surface area contributed by atoms with E-state index in [0.717, 1.165) is 5.56 Å². The zero-order valence-corrected chi connectivity index (χ0v) is 12.3. The van der Waals surface area contributed by atoms with E-state index in [9.17, 15) is 14.9 Å². The zero-order chi connectivity index (χ0) is 16.3. The van der Waals surface area contributed by atoms with Crippen molar-refractivity contribution in [3.05, 3.63) is 68.7 Å². The summed E-state index contributed by atoms with van der Waals surface area (Å²) in [6, 6.07) is 10.8. The SMILES string of the molecule is C[C@@H](c1ccccc1Cl)c1cc([N+](=O)[O-])ccc1OC(=O)O. The number of carboxylic acid groups (broad SMARTS) is 1. The van der Waals surface area contributed by atoms with Crippen LogP contribution in [0.3, 0.4) is 0 Å². The summed E-state index contributed by atoms with van der Waals surface area (Å²) >= 11 is 6.14. The summed E-state index contributed by atoms with van der Waals surface area (Å²) in [4.78, 5) is 21.2. The first-order valence-electron chi connectivity index (χ1n) is 6.33. The molecule has 6 nitrogen and oxygen atoms in total. The van der Waals surface area contributed by atoms with Gasteiger partial charge in [0.05, 0.1) is 4.92 Å². The molecule has 0 amide bonds. The summed E-state index contributed by atoms with van der Waals surface area (Å²) in [5, 5.41) is 20.2. The van der Waals surface area contributed by atoms with Crippen LogP contribution in [0.4, 0.5) is 10.5 Å². The quantitative estimate of drug-likeness (QED) is 0.388. The minimum atomic E-state index is -1.48. The fraction of sp³-hybridized carbons (Fsp3) is 0.133. The van der Waals surface area contributed by atoms with Crippen LogP contribution in [-0.4, -0.2) is 16.2 Å². The van der Waals surface area contributed by atoms with E-state index >= 15 is 0 Å². The molecular formula is C15H12ClNO5. The molecule has 0 bridgehead atoms. The Kier molecular flexibility index (Phi) is 4.62. The van der Waals surface area contributed by atoms with Crippen LogP contribution < -0.4 is 4.74 Å². The van der Waals surface area contributed by atoms with Gasteiger partial charge in [-0.3, -0.25) is 10.1 Å². The number of nitrogens with zero attached hydrogens (tertiary/aromatic N) is 1. The number of non-ortho nitro benzene ring substituents is 1. The third kappa shape index (κ3) is 3.35. The van der Waals surface area contributed by atoms with Gasteiger partial charge in [-0.1, -0.05) is 36.7 Å². The average molecular weight is 322 g/mol. The molecule has 0 unspecified atom stereocenters. The molecule has 22 heavy (non-hydrogen) atoms. The predicted octanol–water partition coefficient (Wildman–Crippen LogP) is 4.46. The molecule has 0 spiro atoms. The third-order valence-electron chi connectivity index (χ3n) is 3.24. The first-order chi connectivity index (χ1) is 10.4. The normalized spacial score (nSPS) is 11.7. The Balaban J connectivity index is 2.54. The van der Waals surface area contributed by atoms with Crippen LogP contribution in [0.1, 0.15) is 24.0 Å². The van der Waals surface area contributed by atoms with Crippen LogP contribution in [0.5, 0.6) is 5.75 Å². The van der Waals surface area contributed by atoms with Crippen LogP contribution >= 0.6 is 11.6 Å². The summed E-state index contributed by atoms with van der Waals surface area (Å²) in [6.45, 7) is 1.77. The number of ether oxygens (including phenoxy) is 1. The van der Waals surface area contributed by atoms with Gasteiger partial charge < -0.3 is 9.84 Å². The van der Waals surface area contributed by atoms with Crippen LogP contribution in [0.2, 0.25) is 5.02 Å². The number of benzene rings is 2. The number of hydrogen-bond donors (Lipinski definition) is 1. The maximum Gasteiger partial charge on any atom is 0.511 e. The van der Waals surface area contributed by atoms with Crippen molar-refractivity contribution in [3.8, 4) is 5.75 Å². The number of nitro groups is 1. The molecule has 0 fully saturated rings. The van der Waals surface area contributed by atoms with Crippen molar-refractivity contribution < 1.29 is 19.6 Å². The summed E-state index contributed by atoms with van der Waals surface area (Å²) < 4.78 is 4.71. The Morgan fingerprint density at radius 1 is 1.27 bits per heavy atom. The molecule has 0 aliphatic rings. The number of rotatable bonds is 4. The lowest BCUT2D eigenvalue weighted by atomic mass is 9.92. The van der Waals surface area contributed by atoms with Gasteiger partial charge in [0.2, 0.25) is 0 Å². The zero-order valence-electron chi connectivity index (χ0n) is 11.5. The van der Waals surface area contributed by atoms with Crippen LogP contribution in [0.15, 0.2) is 42.5 Å². The molecule has 2 rings (SSSR count). The lowest BCUT2D eigenvalue weighted by Gasteiger charge is -2.16. The van der Waals surface area contributed by atoms with Gasteiger partial charge in [0, 0.05) is 28.6 Å². The van der Waals surface area contributed by atoms with E-state index in [1.165, 1.54) is 18.2 Å². The molecule has 2 aromatic carbocycles. The average Bonchev–Trinajstić information content (AvgIpc) is 2.46. The number of nitro benzene ring substituents is 1. The van der Waals surface area contributed by atoms with E-state index < -0.39 is 11.1 Å². The van der Waals surface area contributed by atoms with Gasteiger partial charge >= 0.3 is 6.16 Å². The highest BCUT2D eigenvalue weighted by Crippen LogP contribution is 2.37. The third-order valence-corrected chi connectivity index (χ3v) is 3.58. The minimum absolute atomic E-state index is 0.0468. The molecule has 0 saturated carbocycles. The van der Waals surface area contributed by atoms with E-state index in [4.69, 9.17) is 21.4 Å². The Bertz CT molecular complexity index is 732. The standard InChI is InChI=1S/C15H12ClNO5/c1-9(11-4-2-3-5-13(11)16)12-8-10(17(20)21)6-7-14(12)22-15(18)19/h2-9H,1H3,(H,18,19)/t9-/m0/s1. The Hall–Kier alpha value is -2.60. The number of carbonyl (C=O) groups is 1. The fourth-order valence-corrected chi connectivity index (χ4v) is 2.47. The topological polar surface area (TPSA) is 89.7 Å². The van der Waals surface area contributed by atoms with Gasteiger partial charge in [-0.25, -0.2) is 4.79 Å². The first-order valence-corrected chi connectivity index (χ1v) is 6.71. The molecule has 0 heterocycles. The largest absolute Gasteiger partial charge is 0.511 e. The highest BCUT2D eigenvalue weighted by Gasteiger charge is 2.21. The smallest absolute Gasteiger partial charge is 0.449 e. The molecule has 0 aliphatic carbocycles. The molecule has 0 aliphatic heterocycles. The summed E-state index contributed by atoms with van der Waals surface area (Å²) in [6.07, 6.45) is -1.48. The lowest BCUT2D eigenvalue weighted by Crippen LogP contribution is -2.08. The molecule has 114 valence electrons. The van der Waals surface area contributed by atoms with Crippen molar-refractivity contribution >= 4 is 23.4 Å². The molecule has 0 aromatic heterocycles. The Morgan fingerprint density at radius 2 is 1.95 bits per heavy atom. The molecular weight excluding hydrogens is 310 g/mol. The highest BCUT2D eigenvalue weighted by atomic mass is 35.5. The van der Waals surface area contributed by atoms with Crippen LogP contribution in [-0.2, 0) is 0 Å². The van der Waals surface area contributed by atoms with Crippen molar-refractivity contribution in [2.45, 2.75) is 12.8 Å². The summed E-state index contributed by atoms with van der Waals surface area (Å²) in [5.41, 5.74) is 0.955. The van der Waals surface area contributed by atoms with Crippen molar-refractivity contribution in [1.82, 2.24) is 0 Å². The molecule has 2 aromatic rings. The monoisotopic (exact) mass is 321 g/mol. The van der Waals surface area contributed by atoms with Crippen molar-refractivity contribution in [2.24, 2.45) is 0 Å². The van der Waals surface area contributed by atoms with E-state index in [0.29, 0.717) is 10.6 Å². The Labute approximate surface area is 131 Å². The van der Waals surface area contributed by atoms with Crippen molar-refractivity contribution in [3.63, 3.8) is 0 Å². The molecule has 1 atom stereocenters. The molecule has 0 saturated heterocycles. The van der Waals surface area contributed by atoms with Crippen LogP contribution in [0, 0.1) is 10.1 Å². The first kappa shape index (κ1) is 15.8. The van der Waals surface area contributed by atoms with Gasteiger partial charge in [0.15, 0.2) is 0 Å². The fourth-order valence-electron chi connectivity index (χ4n) is 2.17. The van der Waals surface area contributed by atoms with Crippen LogP contribution in [0.25, 0.3) is 0 Å². The van der Waals surface area contributed by atoms with Gasteiger partial charge in [-0.05, 0) is 17.7 Å². The maximum absolute atomic E-state index is 10.9. The van der Waals surface area contributed by atoms with Gasteiger partial charge in [-0.15, -0.1) is 0 Å². The predicted molar refractivity (Wildman–Crippen MR) is 80.7 cm³/mol. The van der Waals surface area contributed by atoms with Gasteiger partial charge in [0.25, 0.3) is 5.69 Å². The van der Waals surface area contributed by atoms with Gasteiger partial charge in [-0.2, -0.15) is 0 Å². The molecule has 0 radical (unpaired) electrons. The molecule has 7 heteroatoms. The molecule has 1 N–H and O–H groups in total. The number of halogens is 1. The summed E-state index contributed by atoms with van der Waals surface area (Å²) in [5.74, 6) is -0.325. The Morgan fingerprint density at radius 3 is 2.55 bits per heavy atom. The maximum atomic E-state index is 10.9. The lowest BCUT2D eigenvalue weighted by molar-refractivity contribution is -0.384. The second-order valence-electron chi connectivity index (χ2n) is 4.59. The summed E-state index contributed by atoms with van der Waals surface area (Å²) in [7, 11) is 0. The van der Waals surface area contributed by atoms with E-state index in [2.05, 4.69) is 0 Å². The van der Waals surface area contributed by atoms with E-state index in [-0.39, 0.29) is 17.4 Å². The second kappa shape index (κ2) is 6.44. The second-order valence-corrected chi connectivity index (χ2v) is 5.00. The van der Waals surface area contributed by atoms with Crippen molar-refractivity contribution in [2.75, 3.05) is 0 Å². The van der Waals surface area contributed by atoms with Gasteiger partial charge in [0.1, 0.15) is 5.75 Å². The van der Waals surface area contributed by atoms with E-state index in [1.54, 1.807) is 31.2 Å². The van der Waals surface area contributed by atoms with E-state index in [1.807, 2.05) is 0 Å². The minimum Gasteiger partial charge on any atom is -0.449 e.